The van der Waals surface area contributed by atoms with E-state index in [0.29, 0.717) is 6.42 Å². The molecule has 1 aromatic heterocycles. The number of rotatable bonds is 2. The summed E-state index contributed by atoms with van der Waals surface area (Å²) < 4.78 is 11.7. The van der Waals surface area contributed by atoms with Crippen LogP contribution in [0.4, 0.5) is 4.39 Å². The van der Waals surface area contributed by atoms with Crippen molar-refractivity contribution in [2.45, 2.75) is 13.3 Å². The first kappa shape index (κ1) is 7.19. The van der Waals surface area contributed by atoms with Gasteiger partial charge in [-0.05, 0) is 18.6 Å². The van der Waals surface area contributed by atoms with Crippen molar-refractivity contribution in [2.75, 3.05) is 6.67 Å². The summed E-state index contributed by atoms with van der Waals surface area (Å²) in [6, 6.07) is 3.80. The first-order chi connectivity index (χ1) is 4.83. The second-order valence-electron chi connectivity index (χ2n) is 2.27. The molecule has 1 aromatic rings. The van der Waals surface area contributed by atoms with Crippen molar-refractivity contribution < 1.29 is 4.39 Å². The van der Waals surface area contributed by atoms with Crippen molar-refractivity contribution in [3.05, 3.63) is 29.6 Å². The summed E-state index contributed by atoms with van der Waals surface area (Å²) in [4.78, 5) is 4.03. The number of aryl methyl sites for hydroxylation is 2. The lowest BCUT2D eigenvalue weighted by atomic mass is 10.2. The molecule has 1 rings (SSSR count). The number of nitrogens with zero attached hydrogens (tertiary/aromatic N) is 1. The van der Waals surface area contributed by atoms with Gasteiger partial charge in [-0.3, -0.25) is 9.37 Å². The molecule has 0 radical (unpaired) electrons. The fourth-order valence-corrected chi connectivity index (χ4v) is 0.743. The zero-order valence-corrected chi connectivity index (χ0v) is 5.97. The molecule has 0 aliphatic heterocycles. The molecular formula is C8H10FN. The highest BCUT2D eigenvalue weighted by atomic mass is 19.1. The molecule has 0 aromatic carbocycles. The van der Waals surface area contributed by atoms with Crippen molar-refractivity contribution >= 4 is 0 Å². The number of hydrogen-bond donors (Lipinski definition) is 0. The lowest BCUT2D eigenvalue weighted by Gasteiger charge is -1.95. The van der Waals surface area contributed by atoms with Gasteiger partial charge in [0, 0.05) is 18.3 Å². The van der Waals surface area contributed by atoms with Crippen LogP contribution in [-0.2, 0) is 6.42 Å². The van der Waals surface area contributed by atoms with Gasteiger partial charge in [-0.1, -0.05) is 6.07 Å². The summed E-state index contributed by atoms with van der Waals surface area (Å²) in [6.07, 6.45) is 2.19. The van der Waals surface area contributed by atoms with Crippen LogP contribution in [0.2, 0.25) is 0 Å². The molecule has 0 spiro atoms. The second kappa shape index (κ2) is 3.30. The molecule has 0 aliphatic carbocycles. The molecule has 0 saturated heterocycles. The molecule has 0 bridgehead atoms. The Morgan fingerprint density at radius 3 is 2.80 bits per heavy atom. The van der Waals surface area contributed by atoms with E-state index in [9.17, 15) is 4.39 Å². The molecule has 0 atom stereocenters. The quantitative estimate of drug-likeness (QED) is 0.609. The van der Waals surface area contributed by atoms with E-state index in [0.717, 1.165) is 11.3 Å². The Kier molecular flexibility index (Phi) is 2.37. The third-order valence-corrected chi connectivity index (χ3v) is 1.32. The third-order valence-electron chi connectivity index (χ3n) is 1.32. The number of alkyl halides is 1. The van der Waals surface area contributed by atoms with Gasteiger partial charge in [0.2, 0.25) is 0 Å². The predicted molar refractivity (Wildman–Crippen MR) is 38.7 cm³/mol. The summed E-state index contributed by atoms with van der Waals surface area (Å²) in [5.74, 6) is 0. The zero-order valence-electron chi connectivity index (χ0n) is 5.97. The van der Waals surface area contributed by atoms with Crippen molar-refractivity contribution in [1.29, 1.82) is 0 Å². The van der Waals surface area contributed by atoms with Gasteiger partial charge in [0.25, 0.3) is 0 Å². The maximum atomic E-state index is 11.7. The fourth-order valence-electron chi connectivity index (χ4n) is 0.743. The van der Waals surface area contributed by atoms with Crippen LogP contribution in [-0.4, -0.2) is 11.7 Å². The molecule has 0 N–H and O–H groups in total. The van der Waals surface area contributed by atoms with E-state index in [-0.39, 0.29) is 6.67 Å². The monoisotopic (exact) mass is 139 g/mol. The van der Waals surface area contributed by atoms with E-state index in [1.54, 1.807) is 6.20 Å². The lowest BCUT2D eigenvalue weighted by Crippen LogP contribution is -1.90. The maximum absolute atomic E-state index is 11.7. The van der Waals surface area contributed by atoms with Gasteiger partial charge in [-0.25, -0.2) is 0 Å². The van der Waals surface area contributed by atoms with Crippen molar-refractivity contribution in [3.8, 4) is 0 Å². The Bertz CT molecular complexity index is 193. The largest absolute Gasteiger partial charge is 0.261 e. The Morgan fingerprint density at radius 1 is 1.50 bits per heavy atom. The number of hydrogen-bond acceptors (Lipinski definition) is 1. The molecular weight excluding hydrogens is 129 g/mol. The van der Waals surface area contributed by atoms with E-state index in [1.165, 1.54) is 0 Å². The Labute approximate surface area is 59.9 Å². The van der Waals surface area contributed by atoms with Crippen molar-refractivity contribution in [3.63, 3.8) is 0 Å². The summed E-state index contributed by atoms with van der Waals surface area (Å²) in [5.41, 5.74) is 1.94. The molecule has 1 nitrogen and oxygen atoms in total. The number of aromatic nitrogens is 1. The van der Waals surface area contributed by atoms with Crippen LogP contribution in [0.1, 0.15) is 11.3 Å². The summed E-state index contributed by atoms with van der Waals surface area (Å²) in [7, 11) is 0. The van der Waals surface area contributed by atoms with Gasteiger partial charge >= 0.3 is 0 Å². The van der Waals surface area contributed by atoms with Crippen LogP contribution in [0.3, 0.4) is 0 Å². The molecule has 0 unspecified atom stereocenters. The molecule has 10 heavy (non-hydrogen) atoms. The first-order valence-electron chi connectivity index (χ1n) is 3.30. The molecule has 0 fully saturated rings. The zero-order chi connectivity index (χ0) is 7.40. The van der Waals surface area contributed by atoms with Crippen molar-refractivity contribution in [2.24, 2.45) is 0 Å². The van der Waals surface area contributed by atoms with E-state index in [4.69, 9.17) is 0 Å². The first-order valence-corrected chi connectivity index (χ1v) is 3.30. The van der Waals surface area contributed by atoms with Crippen molar-refractivity contribution in [1.82, 2.24) is 4.98 Å². The van der Waals surface area contributed by atoms with E-state index < -0.39 is 0 Å². The molecule has 1 heterocycles. The Morgan fingerprint density at radius 2 is 2.30 bits per heavy atom. The van der Waals surface area contributed by atoms with Crippen LogP contribution in [0.15, 0.2) is 18.3 Å². The Balaban J connectivity index is 2.69. The summed E-state index contributed by atoms with van der Waals surface area (Å²) in [5, 5.41) is 0. The highest BCUT2D eigenvalue weighted by Gasteiger charge is 1.91. The van der Waals surface area contributed by atoms with Gasteiger partial charge < -0.3 is 0 Å². The second-order valence-corrected chi connectivity index (χ2v) is 2.27. The van der Waals surface area contributed by atoms with Crippen LogP contribution in [0.5, 0.6) is 0 Å². The van der Waals surface area contributed by atoms with Crippen LogP contribution < -0.4 is 0 Å². The third kappa shape index (κ3) is 1.79. The predicted octanol–water partition coefficient (Wildman–Crippen LogP) is 1.90. The molecule has 54 valence electrons. The summed E-state index contributed by atoms with van der Waals surface area (Å²) in [6.45, 7) is 1.64. The van der Waals surface area contributed by atoms with Crippen LogP contribution in [0, 0.1) is 6.92 Å². The van der Waals surface area contributed by atoms with E-state index in [1.807, 2.05) is 19.1 Å². The molecule has 0 saturated carbocycles. The maximum Gasteiger partial charge on any atom is 0.0949 e. The van der Waals surface area contributed by atoms with Crippen LogP contribution >= 0.6 is 0 Å². The van der Waals surface area contributed by atoms with Gasteiger partial charge in [-0.15, -0.1) is 0 Å². The molecule has 0 amide bonds. The lowest BCUT2D eigenvalue weighted by molar-refractivity contribution is 0.492. The minimum atomic E-state index is -0.323. The van der Waals surface area contributed by atoms with Gasteiger partial charge in [-0.2, -0.15) is 0 Å². The average molecular weight is 139 g/mol. The molecule has 0 aliphatic rings. The Hall–Kier alpha value is -0.920. The molecule has 2 heteroatoms. The number of halogens is 1. The van der Waals surface area contributed by atoms with Crippen LogP contribution in [0.25, 0.3) is 0 Å². The van der Waals surface area contributed by atoms with Gasteiger partial charge in [0.1, 0.15) is 0 Å². The van der Waals surface area contributed by atoms with Gasteiger partial charge in [0.05, 0.1) is 6.67 Å². The minimum absolute atomic E-state index is 0.323. The van der Waals surface area contributed by atoms with Gasteiger partial charge in [0.15, 0.2) is 0 Å². The fraction of sp³-hybridized carbons (Fsp3) is 0.375. The SMILES string of the molecule is Cc1ccc(CCF)nc1. The van der Waals surface area contributed by atoms with E-state index >= 15 is 0 Å². The highest BCUT2D eigenvalue weighted by molar-refractivity contribution is 5.12. The highest BCUT2D eigenvalue weighted by Crippen LogP contribution is 1.98. The van der Waals surface area contributed by atoms with E-state index in [2.05, 4.69) is 4.98 Å². The summed E-state index contributed by atoms with van der Waals surface area (Å²) >= 11 is 0. The normalized spacial score (nSPS) is 9.80. The smallest absolute Gasteiger partial charge is 0.0949 e. The topological polar surface area (TPSA) is 12.9 Å². The minimum Gasteiger partial charge on any atom is -0.261 e. The number of pyridine rings is 1. The average Bonchev–Trinajstić information content (AvgIpc) is 1.95. The standard InChI is InChI=1S/C8H10FN/c1-7-2-3-8(4-5-9)10-6-7/h2-3,6H,4-5H2,1H3.